The van der Waals surface area contributed by atoms with E-state index in [-0.39, 0.29) is 0 Å². The Kier molecular flexibility index (Phi) is 1.13. The van der Waals surface area contributed by atoms with Crippen molar-refractivity contribution in [2.45, 2.75) is 0 Å². The lowest BCUT2D eigenvalue weighted by molar-refractivity contribution is 1.33. The Morgan fingerprint density at radius 2 is 2.45 bits per heavy atom. The number of hydrogen-bond donors (Lipinski definition) is 1. The van der Waals surface area contributed by atoms with Gasteiger partial charge in [-0.3, -0.25) is 0 Å². The summed E-state index contributed by atoms with van der Waals surface area (Å²) in [6.45, 7) is 6.82. The molecule has 2 aromatic heterocycles. The molecule has 2 aromatic rings. The molecule has 0 fully saturated rings. The topological polar surface area (TPSA) is 33.0 Å². The maximum atomic E-state index is 6.82. The van der Waals surface area contributed by atoms with E-state index in [1.165, 1.54) is 0 Å². The second-order valence-electron chi connectivity index (χ2n) is 2.19. The average Bonchev–Trinajstić information content (AvgIpc) is 2.47. The molecule has 0 amide bonds. The fraction of sp³-hybridized carbons (Fsp3) is 0. The van der Waals surface area contributed by atoms with Crippen LogP contribution < -0.4 is 0 Å². The Bertz CT molecular complexity index is 422. The van der Waals surface area contributed by atoms with Gasteiger partial charge in [-0.25, -0.2) is 9.83 Å². The standard InChI is InChI=1S/C8H5N3/c1-9-7-5-11-8-6(7)3-2-4-10-8/h2-5H,(H,10,11). The summed E-state index contributed by atoms with van der Waals surface area (Å²) < 4.78 is 0. The molecular formula is C8H5N3. The number of aromatic nitrogens is 2. The van der Waals surface area contributed by atoms with Crippen molar-refractivity contribution < 1.29 is 0 Å². The van der Waals surface area contributed by atoms with Crippen LogP contribution >= 0.6 is 0 Å². The van der Waals surface area contributed by atoms with E-state index in [4.69, 9.17) is 6.57 Å². The molecule has 0 aliphatic carbocycles. The number of rotatable bonds is 0. The highest BCUT2D eigenvalue weighted by atomic mass is 14.9. The molecule has 0 bridgehead atoms. The molecule has 3 nitrogen and oxygen atoms in total. The van der Waals surface area contributed by atoms with E-state index >= 15 is 0 Å². The summed E-state index contributed by atoms with van der Waals surface area (Å²) >= 11 is 0. The summed E-state index contributed by atoms with van der Waals surface area (Å²) in [6.07, 6.45) is 3.37. The van der Waals surface area contributed by atoms with E-state index in [9.17, 15) is 0 Å². The van der Waals surface area contributed by atoms with Gasteiger partial charge in [0, 0.05) is 17.8 Å². The fourth-order valence-electron chi connectivity index (χ4n) is 1.03. The summed E-state index contributed by atoms with van der Waals surface area (Å²) in [5.74, 6) is 0. The second-order valence-corrected chi connectivity index (χ2v) is 2.19. The highest BCUT2D eigenvalue weighted by Crippen LogP contribution is 2.22. The van der Waals surface area contributed by atoms with E-state index in [2.05, 4.69) is 14.8 Å². The number of hydrogen-bond acceptors (Lipinski definition) is 1. The number of nitrogens with zero attached hydrogens (tertiary/aromatic N) is 2. The monoisotopic (exact) mass is 143 g/mol. The Morgan fingerprint density at radius 3 is 3.27 bits per heavy atom. The van der Waals surface area contributed by atoms with Crippen molar-refractivity contribution in [1.29, 1.82) is 0 Å². The molecule has 0 aliphatic rings. The molecule has 2 heterocycles. The molecule has 0 saturated heterocycles. The molecule has 0 saturated carbocycles. The molecule has 0 aliphatic heterocycles. The first-order chi connectivity index (χ1) is 5.42. The van der Waals surface area contributed by atoms with Crippen LogP contribution in [0.15, 0.2) is 24.5 Å². The van der Waals surface area contributed by atoms with Gasteiger partial charge in [0.1, 0.15) is 5.65 Å². The number of fused-ring (bicyclic) bond motifs is 1. The third-order valence-corrected chi connectivity index (χ3v) is 1.55. The molecule has 11 heavy (non-hydrogen) atoms. The molecular weight excluding hydrogens is 138 g/mol. The Balaban J connectivity index is 2.89. The lowest BCUT2D eigenvalue weighted by Gasteiger charge is -1.85. The number of aromatic amines is 1. The Labute approximate surface area is 63.5 Å². The molecule has 0 unspecified atom stereocenters. The summed E-state index contributed by atoms with van der Waals surface area (Å²) in [6, 6.07) is 3.71. The van der Waals surface area contributed by atoms with Crippen LogP contribution in [0, 0.1) is 6.57 Å². The third kappa shape index (κ3) is 0.767. The zero-order valence-electron chi connectivity index (χ0n) is 5.70. The molecule has 52 valence electrons. The smallest absolute Gasteiger partial charge is 0.213 e. The van der Waals surface area contributed by atoms with Gasteiger partial charge in [0.05, 0.1) is 6.57 Å². The summed E-state index contributed by atoms with van der Waals surface area (Å²) in [4.78, 5) is 10.3. The van der Waals surface area contributed by atoms with E-state index in [1.54, 1.807) is 12.4 Å². The molecule has 0 aromatic carbocycles. The van der Waals surface area contributed by atoms with Gasteiger partial charge in [-0.05, 0) is 6.07 Å². The zero-order chi connectivity index (χ0) is 7.68. The predicted molar refractivity (Wildman–Crippen MR) is 42.4 cm³/mol. The van der Waals surface area contributed by atoms with Gasteiger partial charge >= 0.3 is 0 Å². The number of pyridine rings is 1. The van der Waals surface area contributed by atoms with Gasteiger partial charge < -0.3 is 4.98 Å². The van der Waals surface area contributed by atoms with Crippen molar-refractivity contribution in [2.24, 2.45) is 0 Å². The average molecular weight is 143 g/mol. The Morgan fingerprint density at radius 1 is 1.55 bits per heavy atom. The fourth-order valence-corrected chi connectivity index (χ4v) is 1.03. The van der Waals surface area contributed by atoms with Crippen molar-refractivity contribution in [3.8, 4) is 0 Å². The van der Waals surface area contributed by atoms with Crippen molar-refractivity contribution in [3.05, 3.63) is 35.9 Å². The maximum Gasteiger partial charge on any atom is 0.213 e. The lowest BCUT2D eigenvalue weighted by atomic mass is 10.3. The van der Waals surface area contributed by atoms with Crippen LogP contribution in [0.2, 0.25) is 0 Å². The van der Waals surface area contributed by atoms with Crippen molar-refractivity contribution in [3.63, 3.8) is 0 Å². The van der Waals surface area contributed by atoms with E-state index in [0.29, 0.717) is 5.69 Å². The molecule has 0 spiro atoms. The van der Waals surface area contributed by atoms with Crippen molar-refractivity contribution in [1.82, 2.24) is 9.97 Å². The van der Waals surface area contributed by atoms with Crippen LogP contribution in [0.1, 0.15) is 0 Å². The molecule has 0 atom stereocenters. The summed E-state index contributed by atoms with van der Waals surface area (Å²) in [5, 5.41) is 0.891. The Hall–Kier alpha value is -1.82. The minimum atomic E-state index is 0.633. The van der Waals surface area contributed by atoms with E-state index < -0.39 is 0 Å². The van der Waals surface area contributed by atoms with Crippen LogP contribution in [0.3, 0.4) is 0 Å². The lowest BCUT2D eigenvalue weighted by Crippen LogP contribution is -1.70. The SMILES string of the molecule is [C-]#[N+]c1c[nH]c2ncccc12. The van der Waals surface area contributed by atoms with Gasteiger partial charge in [0.2, 0.25) is 5.69 Å². The van der Waals surface area contributed by atoms with E-state index in [1.807, 2.05) is 12.1 Å². The summed E-state index contributed by atoms with van der Waals surface area (Å²) in [7, 11) is 0. The molecule has 3 heteroatoms. The first-order valence-electron chi connectivity index (χ1n) is 3.21. The predicted octanol–water partition coefficient (Wildman–Crippen LogP) is 2.11. The van der Waals surface area contributed by atoms with Gasteiger partial charge in [0.25, 0.3) is 0 Å². The quantitative estimate of drug-likeness (QED) is 0.563. The van der Waals surface area contributed by atoms with Crippen molar-refractivity contribution in [2.75, 3.05) is 0 Å². The van der Waals surface area contributed by atoms with Gasteiger partial charge in [-0.15, -0.1) is 0 Å². The normalized spacial score (nSPS) is 9.73. The minimum Gasteiger partial charge on any atom is -0.357 e. The van der Waals surface area contributed by atoms with Crippen LogP contribution in [-0.4, -0.2) is 9.97 Å². The second kappa shape index (κ2) is 2.10. The van der Waals surface area contributed by atoms with Crippen LogP contribution in [-0.2, 0) is 0 Å². The first-order valence-corrected chi connectivity index (χ1v) is 3.21. The third-order valence-electron chi connectivity index (χ3n) is 1.55. The summed E-state index contributed by atoms with van der Waals surface area (Å²) in [5.41, 5.74) is 1.41. The highest BCUT2D eigenvalue weighted by Gasteiger charge is 2.00. The van der Waals surface area contributed by atoms with E-state index in [0.717, 1.165) is 11.0 Å². The van der Waals surface area contributed by atoms with Crippen LogP contribution in [0.5, 0.6) is 0 Å². The number of nitrogens with one attached hydrogen (secondary N) is 1. The molecule has 1 N–H and O–H groups in total. The molecule has 0 radical (unpaired) electrons. The van der Waals surface area contributed by atoms with Gasteiger partial charge in [-0.2, -0.15) is 0 Å². The number of H-pyrrole nitrogens is 1. The molecule has 2 rings (SSSR count). The zero-order valence-corrected chi connectivity index (χ0v) is 5.70. The van der Waals surface area contributed by atoms with Crippen LogP contribution in [0.25, 0.3) is 15.9 Å². The van der Waals surface area contributed by atoms with Gasteiger partial charge in [-0.1, -0.05) is 6.07 Å². The van der Waals surface area contributed by atoms with Gasteiger partial charge in [0.15, 0.2) is 0 Å². The van der Waals surface area contributed by atoms with Crippen LogP contribution in [0.4, 0.5) is 5.69 Å². The van der Waals surface area contributed by atoms with Crippen molar-refractivity contribution >= 4 is 16.7 Å². The maximum absolute atomic E-state index is 6.82. The highest BCUT2D eigenvalue weighted by molar-refractivity contribution is 5.90. The largest absolute Gasteiger partial charge is 0.357 e. The minimum absolute atomic E-state index is 0.633. The first kappa shape index (κ1) is 5.93.